The van der Waals surface area contributed by atoms with Crippen molar-refractivity contribution in [3.8, 4) is 0 Å². The van der Waals surface area contributed by atoms with E-state index in [1.165, 1.54) is 7.11 Å². The Labute approximate surface area is 143 Å². The largest absolute Gasteiger partial charge is 0.469 e. The number of likely N-dealkylation sites (tertiary alicyclic amines) is 1. The van der Waals surface area contributed by atoms with E-state index in [9.17, 15) is 13.2 Å². The van der Waals surface area contributed by atoms with Gasteiger partial charge in [0.05, 0.1) is 18.8 Å². The number of methoxy groups -OCH3 is 1. The number of sulfonamides is 1. The van der Waals surface area contributed by atoms with Crippen LogP contribution in [0.25, 0.3) is 0 Å². The number of carbonyl (C=O) groups is 1. The molecule has 0 saturated carbocycles. The zero-order valence-electron chi connectivity index (χ0n) is 13.9. The van der Waals surface area contributed by atoms with Crippen molar-refractivity contribution in [1.29, 1.82) is 0 Å². The Morgan fingerprint density at radius 3 is 2.50 bits per heavy atom. The van der Waals surface area contributed by atoms with Gasteiger partial charge in [-0.1, -0.05) is 30.3 Å². The summed E-state index contributed by atoms with van der Waals surface area (Å²) in [6, 6.07) is 9.68. The maximum Gasteiger partial charge on any atom is 0.308 e. The smallest absolute Gasteiger partial charge is 0.308 e. The maximum absolute atomic E-state index is 12.5. The molecule has 2 fully saturated rings. The molecule has 2 aliphatic rings. The lowest BCUT2D eigenvalue weighted by Crippen LogP contribution is -2.45. The van der Waals surface area contributed by atoms with Crippen LogP contribution in [0.2, 0.25) is 0 Å². The van der Waals surface area contributed by atoms with Gasteiger partial charge in [0.1, 0.15) is 0 Å². The van der Waals surface area contributed by atoms with Crippen molar-refractivity contribution in [3.05, 3.63) is 35.9 Å². The molecule has 132 valence electrons. The van der Waals surface area contributed by atoms with Crippen LogP contribution >= 0.6 is 0 Å². The van der Waals surface area contributed by atoms with Crippen molar-refractivity contribution in [2.75, 3.05) is 32.5 Å². The first-order valence-electron chi connectivity index (χ1n) is 8.33. The average molecular weight is 352 g/mol. The Bertz CT molecular complexity index is 669. The summed E-state index contributed by atoms with van der Waals surface area (Å²) in [6.45, 7) is 2.46. The molecular formula is C17H24N2O4S. The van der Waals surface area contributed by atoms with Crippen molar-refractivity contribution >= 4 is 16.0 Å². The number of rotatable bonds is 4. The molecule has 1 atom stereocenters. The van der Waals surface area contributed by atoms with Crippen molar-refractivity contribution in [2.45, 2.75) is 25.4 Å². The summed E-state index contributed by atoms with van der Waals surface area (Å²) in [5.74, 6) is -0.0352. The van der Waals surface area contributed by atoms with Crippen molar-refractivity contribution in [3.63, 3.8) is 0 Å². The Hall–Kier alpha value is -1.44. The predicted octanol–water partition coefficient (Wildman–Crippen LogP) is 1.09. The number of piperidine rings is 1. The Morgan fingerprint density at radius 1 is 1.21 bits per heavy atom. The summed E-state index contributed by atoms with van der Waals surface area (Å²) in [6.07, 6.45) is 1.48. The van der Waals surface area contributed by atoms with Gasteiger partial charge in [0.2, 0.25) is 10.0 Å². The van der Waals surface area contributed by atoms with Gasteiger partial charge in [-0.3, -0.25) is 9.69 Å². The molecule has 3 rings (SSSR count). The number of benzene rings is 1. The van der Waals surface area contributed by atoms with E-state index in [1.807, 2.05) is 30.3 Å². The third-order valence-corrected chi connectivity index (χ3v) is 6.86. The summed E-state index contributed by atoms with van der Waals surface area (Å²) in [4.78, 5) is 13.8. The van der Waals surface area contributed by atoms with Gasteiger partial charge in [-0.25, -0.2) is 8.42 Å². The number of carbonyl (C=O) groups excluding carboxylic acids is 1. The first-order valence-corrected chi connectivity index (χ1v) is 9.94. The number of ether oxygens (including phenoxy) is 1. The molecule has 6 nitrogen and oxygen atoms in total. The molecule has 2 aliphatic heterocycles. The summed E-state index contributed by atoms with van der Waals surface area (Å²) in [5.41, 5.74) is 1.01. The van der Waals surface area contributed by atoms with Gasteiger partial charge in [-0.2, -0.15) is 4.31 Å². The second-order valence-corrected chi connectivity index (χ2v) is 8.56. The van der Waals surface area contributed by atoms with Crippen molar-refractivity contribution in [1.82, 2.24) is 9.21 Å². The minimum atomic E-state index is -3.22. The lowest BCUT2D eigenvalue weighted by molar-refractivity contribution is -0.147. The topological polar surface area (TPSA) is 66.9 Å². The third kappa shape index (κ3) is 3.79. The summed E-state index contributed by atoms with van der Waals surface area (Å²) < 4.78 is 31.3. The van der Waals surface area contributed by atoms with Crippen LogP contribution in [0, 0.1) is 5.92 Å². The van der Waals surface area contributed by atoms with Gasteiger partial charge in [-0.05, 0) is 31.5 Å². The number of hydrogen-bond donors (Lipinski definition) is 0. The van der Waals surface area contributed by atoms with Gasteiger partial charge >= 0.3 is 5.97 Å². The molecule has 0 aliphatic carbocycles. The van der Waals surface area contributed by atoms with Crippen LogP contribution in [0.15, 0.2) is 30.3 Å². The van der Waals surface area contributed by atoms with Crippen LogP contribution in [0.3, 0.4) is 0 Å². The van der Waals surface area contributed by atoms with Crippen LogP contribution < -0.4 is 0 Å². The molecule has 7 heteroatoms. The normalized spacial score (nSPS) is 25.6. The molecule has 1 unspecified atom stereocenters. The standard InChI is InChI=1S/C17H24N2O4S/c1-23-17(20)15-7-9-18(10-8-15)16-12-19(24(21,22)13-16)11-14-5-3-2-4-6-14/h2-6,15-16H,7-13H2,1H3. The van der Waals surface area contributed by atoms with Gasteiger partial charge in [-0.15, -0.1) is 0 Å². The van der Waals surface area contributed by atoms with Gasteiger partial charge in [0.15, 0.2) is 0 Å². The van der Waals surface area contributed by atoms with Crippen LogP contribution in [0.4, 0.5) is 0 Å². The first-order chi connectivity index (χ1) is 11.5. The minimum absolute atomic E-state index is 0.0114. The average Bonchev–Trinajstić information content (AvgIpc) is 2.90. The number of hydrogen-bond acceptors (Lipinski definition) is 5. The highest BCUT2D eigenvalue weighted by Gasteiger charge is 2.40. The lowest BCUT2D eigenvalue weighted by Gasteiger charge is -2.34. The maximum atomic E-state index is 12.5. The zero-order chi connectivity index (χ0) is 17.2. The molecular weight excluding hydrogens is 328 g/mol. The van der Waals surface area contributed by atoms with Crippen molar-refractivity contribution < 1.29 is 17.9 Å². The van der Waals surface area contributed by atoms with Crippen LogP contribution in [0.1, 0.15) is 18.4 Å². The van der Waals surface area contributed by atoms with E-state index in [2.05, 4.69) is 4.90 Å². The number of esters is 1. The summed E-state index contributed by atoms with van der Waals surface area (Å²) >= 11 is 0. The summed E-state index contributed by atoms with van der Waals surface area (Å²) in [7, 11) is -1.80. The molecule has 0 aromatic heterocycles. The highest BCUT2D eigenvalue weighted by atomic mass is 32.2. The van der Waals surface area contributed by atoms with E-state index >= 15 is 0 Å². The molecule has 0 N–H and O–H groups in total. The summed E-state index contributed by atoms with van der Waals surface area (Å²) in [5, 5.41) is 0. The highest BCUT2D eigenvalue weighted by Crippen LogP contribution is 2.26. The van der Waals surface area contributed by atoms with E-state index < -0.39 is 10.0 Å². The van der Waals surface area contributed by atoms with Crippen LogP contribution in [-0.4, -0.2) is 62.1 Å². The third-order valence-electron chi connectivity index (χ3n) is 4.99. The van der Waals surface area contributed by atoms with Gasteiger partial charge < -0.3 is 4.74 Å². The molecule has 1 aromatic carbocycles. The van der Waals surface area contributed by atoms with E-state index in [1.54, 1.807) is 4.31 Å². The second-order valence-electron chi connectivity index (χ2n) is 6.54. The zero-order valence-corrected chi connectivity index (χ0v) is 14.7. The second kappa shape index (κ2) is 7.21. The fraction of sp³-hybridized carbons (Fsp3) is 0.588. The minimum Gasteiger partial charge on any atom is -0.469 e. The quantitative estimate of drug-likeness (QED) is 0.759. The van der Waals surface area contributed by atoms with E-state index in [-0.39, 0.29) is 23.7 Å². The molecule has 0 bridgehead atoms. The number of nitrogens with zero attached hydrogens (tertiary/aromatic N) is 2. The predicted molar refractivity (Wildman–Crippen MR) is 90.7 cm³/mol. The van der Waals surface area contributed by atoms with Crippen LogP contribution in [0.5, 0.6) is 0 Å². The fourth-order valence-electron chi connectivity index (χ4n) is 3.59. The Morgan fingerprint density at radius 2 is 1.88 bits per heavy atom. The SMILES string of the molecule is COC(=O)C1CCN(C2CN(Cc3ccccc3)S(=O)(=O)C2)CC1. The Balaban J connectivity index is 1.60. The molecule has 0 spiro atoms. The monoisotopic (exact) mass is 352 g/mol. The highest BCUT2D eigenvalue weighted by molar-refractivity contribution is 7.89. The molecule has 2 heterocycles. The van der Waals surface area contributed by atoms with Gasteiger partial charge in [0.25, 0.3) is 0 Å². The molecule has 24 heavy (non-hydrogen) atoms. The van der Waals surface area contributed by atoms with E-state index in [0.29, 0.717) is 13.1 Å². The molecule has 1 aromatic rings. The van der Waals surface area contributed by atoms with E-state index in [4.69, 9.17) is 4.74 Å². The first kappa shape index (κ1) is 17.4. The van der Waals surface area contributed by atoms with Gasteiger partial charge in [0, 0.05) is 19.1 Å². The van der Waals surface area contributed by atoms with Crippen LogP contribution in [-0.2, 0) is 26.1 Å². The Kier molecular flexibility index (Phi) is 5.22. The molecule has 2 saturated heterocycles. The lowest BCUT2D eigenvalue weighted by atomic mass is 9.96. The molecule has 0 radical (unpaired) electrons. The fourth-order valence-corrected chi connectivity index (χ4v) is 5.35. The van der Waals surface area contributed by atoms with Crippen molar-refractivity contribution in [2.24, 2.45) is 5.92 Å². The van der Waals surface area contributed by atoms with E-state index in [0.717, 1.165) is 31.5 Å². The molecule has 0 amide bonds.